The van der Waals surface area contributed by atoms with Crippen molar-refractivity contribution in [3.05, 3.63) is 45.6 Å². The number of carbonyl (C=O) groups is 2. The van der Waals surface area contributed by atoms with Gasteiger partial charge in [-0.1, -0.05) is 6.07 Å². The van der Waals surface area contributed by atoms with E-state index in [0.29, 0.717) is 17.7 Å². The Morgan fingerprint density at radius 1 is 1.28 bits per heavy atom. The number of nitrogens with one attached hydrogen (secondary N) is 1. The number of benzene rings is 1. The van der Waals surface area contributed by atoms with Crippen molar-refractivity contribution in [1.29, 1.82) is 0 Å². The number of methoxy groups -OCH3 is 1. The molecule has 0 fully saturated rings. The van der Waals surface area contributed by atoms with Crippen LogP contribution in [0.4, 0.5) is 8.78 Å². The molecule has 0 spiro atoms. The van der Waals surface area contributed by atoms with Crippen LogP contribution in [-0.4, -0.2) is 37.2 Å². The number of ether oxygens (including phenoxy) is 2. The maximum atomic E-state index is 12.3. The first kappa shape index (κ1) is 18.7. The lowest BCUT2D eigenvalue weighted by molar-refractivity contribution is -0.0498. The van der Waals surface area contributed by atoms with Gasteiger partial charge in [0.05, 0.1) is 12.7 Å². The zero-order valence-electron chi connectivity index (χ0n) is 13.1. The Kier molecular flexibility index (Phi) is 6.29. The first-order valence-corrected chi connectivity index (χ1v) is 8.01. The molecule has 1 aromatic carbocycles. The third-order valence-electron chi connectivity index (χ3n) is 3.27. The fourth-order valence-electron chi connectivity index (χ4n) is 2.13. The quantitative estimate of drug-likeness (QED) is 0.745. The minimum absolute atomic E-state index is 0.0634. The van der Waals surface area contributed by atoms with E-state index in [2.05, 4.69) is 10.1 Å². The highest BCUT2D eigenvalue weighted by Crippen LogP contribution is 2.26. The topological polar surface area (TPSA) is 84.9 Å². The summed E-state index contributed by atoms with van der Waals surface area (Å²) in [5, 5.41) is 13.1. The summed E-state index contributed by atoms with van der Waals surface area (Å²) in [6.07, 6.45) is 0.380. The lowest BCUT2D eigenvalue weighted by atomic mass is 10.1. The van der Waals surface area contributed by atoms with E-state index in [1.807, 2.05) is 0 Å². The Morgan fingerprint density at radius 2 is 2.04 bits per heavy atom. The number of halogens is 2. The molecule has 6 nitrogen and oxygen atoms in total. The molecule has 134 valence electrons. The zero-order chi connectivity index (χ0) is 18.4. The van der Waals surface area contributed by atoms with Gasteiger partial charge in [0.25, 0.3) is 5.91 Å². The van der Waals surface area contributed by atoms with Crippen LogP contribution in [0.1, 0.15) is 25.6 Å². The van der Waals surface area contributed by atoms with Crippen molar-refractivity contribution in [2.24, 2.45) is 0 Å². The third-order valence-corrected chi connectivity index (χ3v) is 4.16. The number of carboxylic acids is 1. The normalized spacial score (nSPS) is 10.6. The van der Waals surface area contributed by atoms with E-state index in [1.165, 1.54) is 30.7 Å². The van der Waals surface area contributed by atoms with Crippen LogP contribution in [0.2, 0.25) is 0 Å². The van der Waals surface area contributed by atoms with Gasteiger partial charge in [0.15, 0.2) is 0 Å². The average Bonchev–Trinajstić information content (AvgIpc) is 3.02. The Labute approximate surface area is 146 Å². The molecule has 0 saturated heterocycles. The number of amides is 1. The van der Waals surface area contributed by atoms with E-state index in [-0.39, 0.29) is 22.7 Å². The first-order valence-electron chi connectivity index (χ1n) is 7.13. The summed E-state index contributed by atoms with van der Waals surface area (Å²) in [5.74, 6) is -1.36. The van der Waals surface area contributed by atoms with E-state index < -0.39 is 18.5 Å². The molecule has 9 heteroatoms. The molecule has 2 aromatic rings. The highest BCUT2D eigenvalue weighted by atomic mass is 32.1. The molecular formula is C16H15F2NO5S. The van der Waals surface area contributed by atoms with E-state index in [1.54, 1.807) is 6.07 Å². The third kappa shape index (κ3) is 4.90. The van der Waals surface area contributed by atoms with E-state index in [0.717, 1.165) is 11.3 Å². The lowest BCUT2D eigenvalue weighted by Gasteiger charge is -2.10. The van der Waals surface area contributed by atoms with Crippen molar-refractivity contribution in [2.45, 2.75) is 13.0 Å². The number of rotatable bonds is 8. The predicted octanol–water partition coefficient (Wildman–Crippen LogP) is 3.03. The van der Waals surface area contributed by atoms with Crippen molar-refractivity contribution in [2.75, 3.05) is 13.7 Å². The molecule has 1 amide bonds. The molecule has 2 rings (SSSR count). The number of carbonyl (C=O) groups excluding carboxylic acids is 1. The first-order chi connectivity index (χ1) is 11.9. The molecule has 0 aliphatic carbocycles. The van der Waals surface area contributed by atoms with Gasteiger partial charge in [-0.2, -0.15) is 8.78 Å². The summed E-state index contributed by atoms with van der Waals surface area (Å²) in [7, 11) is 1.42. The molecule has 0 aliphatic heterocycles. The van der Waals surface area contributed by atoms with Crippen LogP contribution >= 0.6 is 11.3 Å². The van der Waals surface area contributed by atoms with Gasteiger partial charge >= 0.3 is 12.6 Å². The highest BCUT2D eigenvalue weighted by Gasteiger charge is 2.17. The van der Waals surface area contributed by atoms with Crippen LogP contribution in [0.15, 0.2) is 29.6 Å². The number of carboxylic acid groups (broad SMARTS) is 1. The molecule has 0 bridgehead atoms. The van der Waals surface area contributed by atoms with Gasteiger partial charge in [0, 0.05) is 6.54 Å². The second-order valence-corrected chi connectivity index (χ2v) is 5.75. The summed E-state index contributed by atoms with van der Waals surface area (Å²) in [6.45, 7) is -2.79. The van der Waals surface area contributed by atoms with Crippen molar-refractivity contribution in [3.8, 4) is 11.5 Å². The van der Waals surface area contributed by atoms with Crippen LogP contribution in [-0.2, 0) is 6.42 Å². The molecule has 2 N–H and O–H groups in total. The number of aromatic carboxylic acids is 1. The number of hydrogen-bond acceptors (Lipinski definition) is 5. The minimum Gasteiger partial charge on any atom is -0.496 e. The molecule has 25 heavy (non-hydrogen) atoms. The minimum atomic E-state index is -3.00. The van der Waals surface area contributed by atoms with Gasteiger partial charge in [-0.05, 0) is 35.6 Å². The van der Waals surface area contributed by atoms with Crippen molar-refractivity contribution in [3.63, 3.8) is 0 Å². The summed E-state index contributed by atoms with van der Waals surface area (Å²) >= 11 is 0.998. The number of hydrogen-bond donors (Lipinski definition) is 2. The molecule has 1 aromatic heterocycles. The molecule has 0 radical (unpaired) electrons. The number of thiophene rings is 1. The Hall–Kier alpha value is -2.68. The van der Waals surface area contributed by atoms with Crippen LogP contribution in [0.3, 0.4) is 0 Å². The van der Waals surface area contributed by atoms with Gasteiger partial charge in [-0.25, -0.2) is 4.79 Å². The van der Waals surface area contributed by atoms with Gasteiger partial charge in [-0.15, -0.1) is 11.3 Å². The van der Waals surface area contributed by atoms with Gasteiger partial charge in [0.2, 0.25) is 0 Å². The van der Waals surface area contributed by atoms with E-state index >= 15 is 0 Å². The van der Waals surface area contributed by atoms with Gasteiger partial charge in [-0.3, -0.25) is 4.79 Å². The molecule has 0 saturated carbocycles. The SMILES string of the molecule is COc1cc(C(=O)O)ccc1CCNC(=O)c1sccc1OC(F)F. The Balaban J connectivity index is 1.98. The van der Waals surface area contributed by atoms with Crippen LogP contribution < -0.4 is 14.8 Å². The second kappa shape index (κ2) is 8.43. The van der Waals surface area contributed by atoms with Crippen LogP contribution in [0.5, 0.6) is 11.5 Å². The van der Waals surface area contributed by atoms with E-state index in [4.69, 9.17) is 9.84 Å². The van der Waals surface area contributed by atoms with Crippen molar-refractivity contribution >= 4 is 23.2 Å². The summed E-state index contributed by atoms with van der Waals surface area (Å²) in [4.78, 5) is 23.1. The summed E-state index contributed by atoms with van der Waals surface area (Å²) in [6, 6.07) is 5.74. The largest absolute Gasteiger partial charge is 0.496 e. The van der Waals surface area contributed by atoms with Crippen molar-refractivity contribution < 1.29 is 33.0 Å². The highest BCUT2D eigenvalue weighted by molar-refractivity contribution is 7.12. The standard InChI is InChI=1S/C16H15F2NO5S/c1-23-12-8-10(15(21)22)3-2-9(12)4-6-19-14(20)13-11(5-7-25-13)24-16(17)18/h2-3,5,7-8,16H,4,6H2,1H3,(H,19,20)(H,21,22). The van der Waals surface area contributed by atoms with Crippen molar-refractivity contribution in [1.82, 2.24) is 5.32 Å². The van der Waals surface area contributed by atoms with Crippen LogP contribution in [0.25, 0.3) is 0 Å². The zero-order valence-corrected chi connectivity index (χ0v) is 13.9. The molecular weight excluding hydrogens is 356 g/mol. The fourth-order valence-corrected chi connectivity index (χ4v) is 2.87. The predicted molar refractivity (Wildman–Crippen MR) is 86.9 cm³/mol. The molecule has 0 unspecified atom stereocenters. The maximum absolute atomic E-state index is 12.3. The van der Waals surface area contributed by atoms with E-state index in [9.17, 15) is 18.4 Å². The molecule has 0 aliphatic rings. The summed E-state index contributed by atoms with van der Waals surface area (Å²) in [5.41, 5.74) is 0.806. The summed E-state index contributed by atoms with van der Waals surface area (Å²) < 4.78 is 34.0. The smallest absolute Gasteiger partial charge is 0.387 e. The monoisotopic (exact) mass is 371 g/mol. The number of alkyl halides is 2. The van der Waals surface area contributed by atoms with Gasteiger partial charge in [0.1, 0.15) is 16.4 Å². The maximum Gasteiger partial charge on any atom is 0.387 e. The average molecular weight is 371 g/mol. The lowest BCUT2D eigenvalue weighted by Crippen LogP contribution is -2.25. The molecule has 0 atom stereocenters. The molecule has 1 heterocycles. The fraction of sp³-hybridized carbons (Fsp3) is 0.250. The van der Waals surface area contributed by atoms with Gasteiger partial charge < -0.3 is 19.9 Å². The Morgan fingerprint density at radius 3 is 2.68 bits per heavy atom. The second-order valence-electron chi connectivity index (χ2n) is 4.83. The Bertz CT molecular complexity index is 763. The van der Waals surface area contributed by atoms with Crippen LogP contribution in [0, 0.1) is 0 Å².